The molecule has 0 saturated heterocycles. The average Bonchev–Trinajstić information content (AvgIpc) is 3.48. The van der Waals surface area contributed by atoms with Gasteiger partial charge in [0.1, 0.15) is 0 Å². The molecule has 0 aliphatic heterocycles. The number of benzene rings is 10. The van der Waals surface area contributed by atoms with E-state index in [1.807, 2.05) is 18.2 Å². The molecule has 0 bridgehead atoms. The van der Waals surface area contributed by atoms with Gasteiger partial charge >= 0.3 is 0 Å². The van der Waals surface area contributed by atoms with Gasteiger partial charge in [-0.3, -0.25) is 0 Å². The summed E-state index contributed by atoms with van der Waals surface area (Å²) in [5.74, 6) is 0.671. The summed E-state index contributed by atoms with van der Waals surface area (Å²) in [7, 11) is 0. The van der Waals surface area contributed by atoms with Gasteiger partial charge in [0.15, 0.2) is 5.82 Å². The molecule has 0 fully saturated rings. The van der Waals surface area contributed by atoms with E-state index in [0.29, 0.717) is 5.82 Å². The number of hydrogen-bond acceptors (Lipinski definition) is 3. The molecule has 10 aromatic carbocycles. The predicted octanol–water partition coefficient (Wildman–Crippen LogP) is 18.2. The zero-order valence-electron chi connectivity index (χ0n) is 39.5. The van der Waals surface area contributed by atoms with Gasteiger partial charge in [0.25, 0.3) is 0 Å². The van der Waals surface area contributed by atoms with Gasteiger partial charge in [0, 0.05) is 44.5 Å². The van der Waals surface area contributed by atoms with Gasteiger partial charge in [-0.1, -0.05) is 249 Å². The number of rotatable bonds is 11. The molecule has 12 aromatic rings. The van der Waals surface area contributed by atoms with Crippen LogP contribution >= 0.6 is 0 Å². The van der Waals surface area contributed by atoms with Gasteiger partial charge in [-0.25, -0.2) is 15.0 Å². The largest absolute Gasteiger partial charge is 0.246 e. The molecule has 0 atom stereocenters. The molecular weight excluding hydrogens is 871 g/mol. The summed E-state index contributed by atoms with van der Waals surface area (Å²) in [6.07, 6.45) is 0. The smallest absolute Gasteiger partial charge is 0.160 e. The van der Waals surface area contributed by atoms with Crippen molar-refractivity contribution in [2.75, 3.05) is 0 Å². The third-order valence-electron chi connectivity index (χ3n) is 13.3. The summed E-state index contributed by atoms with van der Waals surface area (Å²) < 4.78 is 0. The monoisotopic (exact) mass is 917 g/mol. The van der Waals surface area contributed by atoms with Crippen LogP contribution in [0.25, 0.3) is 123 Å². The Bertz CT molecular complexity index is 3650. The van der Waals surface area contributed by atoms with E-state index in [0.717, 1.165) is 117 Å². The van der Waals surface area contributed by atoms with Crippen LogP contribution in [0, 0.1) is 0 Å². The summed E-state index contributed by atoms with van der Waals surface area (Å²) in [6.45, 7) is 0. The van der Waals surface area contributed by atoms with Crippen LogP contribution in [0.4, 0.5) is 0 Å². The Morgan fingerprint density at radius 3 is 0.917 bits per heavy atom. The summed E-state index contributed by atoms with van der Waals surface area (Å²) >= 11 is 0. The van der Waals surface area contributed by atoms with Gasteiger partial charge < -0.3 is 0 Å². The number of aromatic nitrogens is 3. The highest BCUT2D eigenvalue weighted by Crippen LogP contribution is 2.49. The zero-order chi connectivity index (χ0) is 48.1. The lowest BCUT2D eigenvalue weighted by molar-refractivity contribution is 1.18. The Morgan fingerprint density at radius 1 is 0.167 bits per heavy atom. The van der Waals surface area contributed by atoms with Crippen LogP contribution in [-0.2, 0) is 0 Å². The molecule has 0 aliphatic rings. The highest BCUT2D eigenvalue weighted by atomic mass is 14.9. The lowest BCUT2D eigenvalue weighted by Crippen LogP contribution is -2.01. The first kappa shape index (κ1) is 43.7. The maximum atomic E-state index is 5.66. The Hall–Kier alpha value is -9.57. The minimum absolute atomic E-state index is 0.671. The third-order valence-corrected chi connectivity index (χ3v) is 13.3. The van der Waals surface area contributed by atoms with Gasteiger partial charge in [-0.15, -0.1) is 0 Å². The van der Waals surface area contributed by atoms with Crippen LogP contribution < -0.4 is 0 Å². The molecule has 3 nitrogen and oxygen atoms in total. The zero-order valence-corrected chi connectivity index (χ0v) is 39.5. The Morgan fingerprint density at radius 2 is 0.472 bits per heavy atom. The van der Waals surface area contributed by atoms with E-state index in [4.69, 9.17) is 15.0 Å². The summed E-state index contributed by atoms with van der Waals surface area (Å²) in [6, 6.07) is 101. The first-order valence-electron chi connectivity index (χ1n) is 24.4. The standard InChI is InChI=1S/C69H47N3/c1-8-24-48(25-9-1)59-44-60(49-26-10-2-11-27-49)46-61(45-59)63-47-62(70-69(71-63)54-36-20-7-21-37-54)57-40-22-38-55(42-57)56-39-23-41-58(43-56)64-65(50-28-12-3-13-29-50)67(52-32-16-5-17-33-52)72-68(53-34-18-6-19-35-53)66(64)51-30-14-4-15-31-51/h1-47H. The minimum atomic E-state index is 0.671. The third kappa shape index (κ3) is 8.95. The van der Waals surface area contributed by atoms with E-state index in [1.165, 1.54) is 0 Å². The van der Waals surface area contributed by atoms with Crippen LogP contribution in [0.5, 0.6) is 0 Å². The van der Waals surface area contributed by atoms with E-state index >= 15 is 0 Å². The van der Waals surface area contributed by atoms with Crippen LogP contribution in [0.1, 0.15) is 0 Å². The van der Waals surface area contributed by atoms with Gasteiger partial charge in [-0.2, -0.15) is 0 Å². The molecule has 3 heteroatoms. The van der Waals surface area contributed by atoms with Crippen molar-refractivity contribution in [3.8, 4) is 123 Å². The molecule has 72 heavy (non-hydrogen) atoms. The SMILES string of the molecule is c1ccc(-c2cc(-c3ccccc3)cc(-c3cc(-c4cccc(-c5cccc(-c6c(-c7ccccc7)c(-c7ccccc7)nc(-c7ccccc7)c6-c6ccccc6)c5)c4)nc(-c4ccccc4)n3)c2)cc1. The fraction of sp³-hybridized carbons (Fsp3) is 0. The van der Waals surface area contributed by atoms with Crippen molar-refractivity contribution in [3.05, 3.63) is 285 Å². The van der Waals surface area contributed by atoms with Crippen molar-refractivity contribution < 1.29 is 0 Å². The predicted molar refractivity (Wildman–Crippen MR) is 300 cm³/mol. The highest BCUT2D eigenvalue weighted by Gasteiger charge is 2.25. The van der Waals surface area contributed by atoms with Gasteiger partial charge in [0.05, 0.1) is 22.8 Å². The van der Waals surface area contributed by atoms with Gasteiger partial charge in [0.2, 0.25) is 0 Å². The van der Waals surface area contributed by atoms with Crippen LogP contribution in [0.15, 0.2) is 285 Å². The van der Waals surface area contributed by atoms with Crippen LogP contribution in [0.3, 0.4) is 0 Å². The molecule has 0 saturated carbocycles. The van der Waals surface area contributed by atoms with Gasteiger partial charge in [-0.05, 0) is 86.5 Å². The number of nitrogens with zero attached hydrogens (tertiary/aromatic N) is 3. The van der Waals surface area contributed by atoms with Crippen LogP contribution in [-0.4, -0.2) is 15.0 Å². The topological polar surface area (TPSA) is 38.7 Å². The van der Waals surface area contributed by atoms with Crippen molar-refractivity contribution >= 4 is 0 Å². The normalized spacial score (nSPS) is 11.1. The molecule has 0 aliphatic carbocycles. The molecule has 2 heterocycles. The van der Waals surface area contributed by atoms with E-state index in [9.17, 15) is 0 Å². The van der Waals surface area contributed by atoms with Crippen molar-refractivity contribution in [2.45, 2.75) is 0 Å². The van der Waals surface area contributed by atoms with Crippen molar-refractivity contribution in [3.63, 3.8) is 0 Å². The average molecular weight is 918 g/mol. The first-order valence-corrected chi connectivity index (χ1v) is 24.4. The van der Waals surface area contributed by atoms with Crippen molar-refractivity contribution in [1.82, 2.24) is 15.0 Å². The second kappa shape index (κ2) is 19.8. The molecule has 0 unspecified atom stereocenters. The number of hydrogen-bond donors (Lipinski definition) is 0. The minimum Gasteiger partial charge on any atom is -0.246 e. The fourth-order valence-corrected chi connectivity index (χ4v) is 9.80. The molecule has 2 aromatic heterocycles. The van der Waals surface area contributed by atoms with Crippen molar-refractivity contribution in [2.24, 2.45) is 0 Å². The van der Waals surface area contributed by atoms with E-state index in [1.54, 1.807) is 0 Å². The Kier molecular flexibility index (Phi) is 12.0. The molecule has 0 radical (unpaired) electrons. The molecule has 0 amide bonds. The highest BCUT2D eigenvalue weighted by molar-refractivity contribution is 6.05. The maximum absolute atomic E-state index is 5.66. The number of pyridine rings is 1. The molecule has 12 rings (SSSR count). The first-order chi connectivity index (χ1) is 35.7. The summed E-state index contributed by atoms with van der Waals surface area (Å²) in [5, 5.41) is 0. The molecule has 0 N–H and O–H groups in total. The Labute approximate surface area is 421 Å². The summed E-state index contributed by atoms with van der Waals surface area (Å²) in [4.78, 5) is 16.3. The molecule has 338 valence electrons. The van der Waals surface area contributed by atoms with Crippen molar-refractivity contribution in [1.29, 1.82) is 0 Å². The van der Waals surface area contributed by atoms with Crippen LogP contribution in [0.2, 0.25) is 0 Å². The molecular formula is C69H47N3. The second-order valence-electron chi connectivity index (χ2n) is 17.9. The van der Waals surface area contributed by atoms with E-state index < -0.39 is 0 Å². The second-order valence-corrected chi connectivity index (χ2v) is 17.9. The lowest BCUT2D eigenvalue weighted by atomic mass is 9.82. The maximum Gasteiger partial charge on any atom is 0.160 e. The fourth-order valence-electron chi connectivity index (χ4n) is 9.80. The summed E-state index contributed by atoms with van der Waals surface area (Å²) in [5.41, 5.74) is 21.9. The molecule has 0 spiro atoms. The van der Waals surface area contributed by atoms with E-state index in [2.05, 4.69) is 267 Å². The van der Waals surface area contributed by atoms with E-state index in [-0.39, 0.29) is 0 Å². The lowest BCUT2D eigenvalue weighted by Gasteiger charge is -2.23. The quantitative estimate of drug-likeness (QED) is 0.130. The Balaban J connectivity index is 1.05.